The van der Waals surface area contributed by atoms with Gasteiger partial charge in [0, 0.05) is 11.4 Å². The fourth-order valence-corrected chi connectivity index (χ4v) is 1.60. The van der Waals surface area contributed by atoms with Crippen molar-refractivity contribution >= 4 is 11.3 Å². The lowest BCUT2D eigenvalue weighted by Gasteiger charge is -1.99. The van der Waals surface area contributed by atoms with Crippen LogP contribution >= 0.6 is 11.3 Å². The van der Waals surface area contributed by atoms with Crippen LogP contribution in [-0.4, -0.2) is 6.54 Å². The Morgan fingerprint density at radius 3 is 3.09 bits per heavy atom. The summed E-state index contributed by atoms with van der Waals surface area (Å²) in [6, 6.07) is 4.27. The van der Waals surface area contributed by atoms with Crippen LogP contribution in [0, 0.1) is 0 Å². The molecule has 1 aromatic rings. The molecular formula is C9H15NS. The highest BCUT2D eigenvalue weighted by atomic mass is 32.1. The van der Waals surface area contributed by atoms with Crippen LogP contribution in [0.15, 0.2) is 17.5 Å². The van der Waals surface area contributed by atoms with Crippen LogP contribution in [0.25, 0.3) is 0 Å². The first kappa shape index (κ1) is 8.75. The molecule has 0 fully saturated rings. The molecule has 0 aliphatic rings. The van der Waals surface area contributed by atoms with Gasteiger partial charge in [-0.1, -0.05) is 19.4 Å². The van der Waals surface area contributed by atoms with Crippen LogP contribution < -0.4 is 5.32 Å². The van der Waals surface area contributed by atoms with E-state index < -0.39 is 0 Å². The molecule has 2 heteroatoms. The Bertz CT molecular complexity index is 170. The third-order valence-electron chi connectivity index (χ3n) is 1.59. The van der Waals surface area contributed by atoms with Crippen molar-refractivity contribution in [3.8, 4) is 0 Å². The van der Waals surface area contributed by atoms with Crippen molar-refractivity contribution in [1.82, 2.24) is 5.32 Å². The standard InChI is InChI=1S/C9H15NS/c1-2-3-6-10-8-9-5-4-7-11-9/h4-5,7,10H,2-3,6,8H2,1H3. The van der Waals surface area contributed by atoms with Gasteiger partial charge < -0.3 is 5.32 Å². The number of thiophene rings is 1. The topological polar surface area (TPSA) is 12.0 Å². The Kier molecular flexibility index (Phi) is 4.24. The van der Waals surface area contributed by atoms with Crippen LogP contribution in [0.5, 0.6) is 0 Å². The Morgan fingerprint density at radius 1 is 1.55 bits per heavy atom. The second-order valence-corrected chi connectivity index (χ2v) is 3.64. The zero-order valence-corrected chi connectivity index (χ0v) is 7.79. The van der Waals surface area contributed by atoms with Gasteiger partial charge in [0.25, 0.3) is 0 Å². The average molecular weight is 169 g/mol. The number of unbranched alkanes of at least 4 members (excludes halogenated alkanes) is 1. The Labute approximate surface area is 72.4 Å². The summed E-state index contributed by atoms with van der Waals surface area (Å²) >= 11 is 1.82. The normalized spacial score (nSPS) is 10.3. The molecule has 0 aromatic carbocycles. The van der Waals surface area contributed by atoms with Crippen LogP contribution in [0.2, 0.25) is 0 Å². The van der Waals surface area contributed by atoms with Gasteiger partial charge in [0.1, 0.15) is 0 Å². The first-order chi connectivity index (χ1) is 5.43. The monoisotopic (exact) mass is 169 g/mol. The van der Waals surface area contributed by atoms with Gasteiger partial charge >= 0.3 is 0 Å². The summed E-state index contributed by atoms with van der Waals surface area (Å²) in [5, 5.41) is 5.52. The van der Waals surface area contributed by atoms with Crippen molar-refractivity contribution in [2.24, 2.45) is 0 Å². The van der Waals surface area contributed by atoms with Crippen molar-refractivity contribution in [2.45, 2.75) is 26.3 Å². The molecule has 1 aromatic heterocycles. The molecule has 11 heavy (non-hydrogen) atoms. The van der Waals surface area contributed by atoms with Crippen LogP contribution in [0.1, 0.15) is 24.6 Å². The van der Waals surface area contributed by atoms with Gasteiger partial charge in [-0.2, -0.15) is 0 Å². The van der Waals surface area contributed by atoms with Gasteiger partial charge in [-0.3, -0.25) is 0 Å². The summed E-state index contributed by atoms with van der Waals surface area (Å²) in [4.78, 5) is 1.43. The minimum absolute atomic E-state index is 1.04. The van der Waals surface area contributed by atoms with E-state index in [1.807, 2.05) is 11.3 Å². The molecule has 0 saturated carbocycles. The van der Waals surface area contributed by atoms with E-state index in [2.05, 4.69) is 29.8 Å². The van der Waals surface area contributed by atoms with E-state index >= 15 is 0 Å². The zero-order chi connectivity index (χ0) is 7.94. The van der Waals surface area contributed by atoms with Gasteiger partial charge in [-0.25, -0.2) is 0 Å². The van der Waals surface area contributed by atoms with E-state index in [0.29, 0.717) is 0 Å². The van der Waals surface area contributed by atoms with Crippen molar-refractivity contribution < 1.29 is 0 Å². The molecule has 1 rings (SSSR count). The number of rotatable bonds is 5. The van der Waals surface area contributed by atoms with Crippen LogP contribution in [-0.2, 0) is 6.54 Å². The minimum Gasteiger partial charge on any atom is -0.312 e. The highest BCUT2D eigenvalue weighted by Gasteiger charge is 1.90. The predicted octanol–water partition coefficient (Wildman–Crippen LogP) is 2.64. The van der Waals surface area contributed by atoms with E-state index in [1.165, 1.54) is 17.7 Å². The molecule has 0 bridgehead atoms. The maximum absolute atomic E-state index is 3.40. The molecule has 62 valence electrons. The molecule has 1 N–H and O–H groups in total. The van der Waals surface area contributed by atoms with Crippen LogP contribution in [0.3, 0.4) is 0 Å². The van der Waals surface area contributed by atoms with Gasteiger partial charge in [-0.15, -0.1) is 11.3 Å². The second kappa shape index (κ2) is 5.33. The number of hydrogen-bond donors (Lipinski definition) is 1. The summed E-state index contributed by atoms with van der Waals surface area (Å²) in [5.74, 6) is 0. The molecule has 0 spiro atoms. The molecule has 0 unspecified atom stereocenters. The van der Waals surface area contributed by atoms with Crippen molar-refractivity contribution in [1.29, 1.82) is 0 Å². The minimum atomic E-state index is 1.04. The lowest BCUT2D eigenvalue weighted by Crippen LogP contribution is -2.13. The molecule has 0 aliphatic carbocycles. The smallest absolute Gasteiger partial charge is 0.0299 e. The summed E-state index contributed by atoms with van der Waals surface area (Å²) < 4.78 is 0. The van der Waals surface area contributed by atoms with Gasteiger partial charge in [0.2, 0.25) is 0 Å². The largest absolute Gasteiger partial charge is 0.312 e. The molecule has 0 atom stereocenters. The Morgan fingerprint density at radius 2 is 2.45 bits per heavy atom. The SMILES string of the molecule is CCCCNCc1cccs1. The number of hydrogen-bond acceptors (Lipinski definition) is 2. The average Bonchev–Trinajstić information content (AvgIpc) is 2.50. The molecule has 0 saturated heterocycles. The summed E-state index contributed by atoms with van der Waals surface area (Å²) in [6.07, 6.45) is 2.56. The highest BCUT2D eigenvalue weighted by Crippen LogP contribution is 2.07. The predicted molar refractivity (Wildman–Crippen MR) is 50.9 cm³/mol. The van der Waals surface area contributed by atoms with E-state index in [4.69, 9.17) is 0 Å². The van der Waals surface area contributed by atoms with Crippen molar-refractivity contribution in [3.63, 3.8) is 0 Å². The third kappa shape index (κ3) is 3.54. The maximum Gasteiger partial charge on any atom is 0.0299 e. The van der Waals surface area contributed by atoms with E-state index in [-0.39, 0.29) is 0 Å². The van der Waals surface area contributed by atoms with Gasteiger partial charge in [-0.05, 0) is 24.4 Å². The van der Waals surface area contributed by atoms with Crippen LogP contribution in [0.4, 0.5) is 0 Å². The fourth-order valence-electron chi connectivity index (χ4n) is 0.927. The first-order valence-corrected chi connectivity index (χ1v) is 5.04. The quantitative estimate of drug-likeness (QED) is 0.668. The summed E-state index contributed by atoms with van der Waals surface area (Å²) in [6.45, 7) is 4.40. The van der Waals surface area contributed by atoms with Crippen molar-refractivity contribution in [3.05, 3.63) is 22.4 Å². The van der Waals surface area contributed by atoms with Crippen molar-refractivity contribution in [2.75, 3.05) is 6.54 Å². The van der Waals surface area contributed by atoms with Gasteiger partial charge in [0.05, 0.1) is 0 Å². The maximum atomic E-state index is 3.40. The highest BCUT2D eigenvalue weighted by molar-refractivity contribution is 7.09. The fraction of sp³-hybridized carbons (Fsp3) is 0.556. The van der Waals surface area contributed by atoms with E-state index in [0.717, 1.165) is 13.1 Å². The first-order valence-electron chi connectivity index (χ1n) is 4.16. The van der Waals surface area contributed by atoms with Gasteiger partial charge in [0.15, 0.2) is 0 Å². The van der Waals surface area contributed by atoms with E-state index in [9.17, 15) is 0 Å². The molecule has 0 amide bonds. The summed E-state index contributed by atoms with van der Waals surface area (Å²) in [5.41, 5.74) is 0. The molecular weight excluding hydrogens is 154 g/mol. The summed E-state index contributed by atoms with van der Waals surface area (Å²) in [7, 11) is 0. The zero-order valence-electron chi connectivity index (χ0n) is 6.97. The second-order valence-electron chi connectivity index (χ2n) is 2.61. The third-order valence-corrected chi connectivity index (χ3v) is 2.46. The molecule has 0 aliphatic heterocycles. The Hall–Kier alpha value is -0.340. The lowest BCUT2D eigenvalue weighted by molar-refractivity contribution is 0.646. The molecule has 1 nitrogen and oxygen atoms in total. The number of nitrogens with one attached hydrogen (secondary N) is 1. The lowest BCUT2D eigenvalue weighted by atomic mass is 10.3. The molecule has 1 heterocycles. The Balaban J connectivity index is 2.04. The van der Waals surface area contributed by atoms with E-state index in [1.54, 1.807) is 0 Å². The molecule has 0 radical (unpaired) electrons.